The van der Waals surface area contributed by atoms with Crippen LogP contribution in [-0.2, 0) is 19.1 Å². The first-order chi connectivity index (χ1) is 17.2. The molecule has 0 aliphatic heterocycles. The van der Waals surface area contributed by atoms with Gasteiger partial charge in [0.15, 0.2) is 0 Å². The maximum absolute atomic E-state index is 12.5. The van der Waals surface area contributed by atoms with Gasteiger partial charge in [-0.25, -0.2) is 4.79 Å². The van der Waals surface area contributed by atoms with Crippen molar-refractivity contribution in [2.75, 3.05) is 18.7 Å². The molecule has 0 heterocycles. The number of carbonyl (C=O) groups is 4. The lowest BCUT2D eigenvalue weighted by atomic mass is 9.98. The Balaban J connectivity index is 1.48. The summed E-state index contributed by atoms with van der Waals surface area (Å²) < 4.78 is 5.47. The number of rotatable bonds is 10. The van der Waals surface area contributed by atoms with Crippen LogP contribution in [0.1, 0.15) is 37.8 Å². The lowest BCUT2D eigenvalue weighted by Gasteiger charge is -2.20. The number of carbonyl (C=O) groups excluding carboxylic acids is 4. The van der Waals surface area contributed by atoms with Crippen LogP contribution in [0.25, 0.3) is 11.1 Å². The van der Waals surface area contributed by atoms with Gasteiger partial charge < -0.3 is 26.0 Å². The first-order valence-electron chi connectivity index (χ1n) is 11.7. The number of hydrogen-bond acceptors (Lipinski definition) is 6. The van der Waals surface area contributed by atoms with E-state index in [1.54, 1.807) is 6.92 Å². The van der Waals surface area contributed by atoms with Crippen LogP contribution in [0.3, 0.4) is 0 Å². The lowest BCUT2D eigenvalue weighted by Crippen LogP contribution is -2.54. The summed E-state index contributed by atoms with van der Waals surface area (Å²) in [6, 6.07) is 13.4. The van der Waals surface area contributed by atoms with Crippen LogP contribution in [0.15, 0.2) is 48.5 Å². The van der Waals surface area contributed by atoms with Gasteiger partial charge >= 0.3 is 6.09 Å². The topological polar surface area (TPSA) is 126 Å². The Morgan fingerprint density at radius 3 is 1.78 bits per heavy atom. The predicted molar refractivity (Wildman–Crippen MR) is 139 cm³/mol. The average Bonchev–Trinajstić information content (AvgIpc) is 3.19. The van der Waals surface area contributed by atoms with Crippen LogP contribution >= 0.6 is 11.8 Å². The van der Waals surface area contributed by atoms with E-state index in [9.17, 15) is 19.2 Å². The monoisotopic (exact) mass is 512 g/mol. The number of benzene rings is 2. The van der Waals surface area contributed by atoms with Crippen molar-refractivity contribution in [3.63, 3.8) is 0 Å². The molecule has 192 valence electrons. The molecule has 2 aromatic rings. The van der Waals surface area contributed by atoms with Gasteiger partial charge in [0.05, 0.1) is 5.88 Å². The van der Waals surface area contributed by atoms with Gasteiger partial charge in [-0.05, 0) is 49.3 Å². The fourth-order valence-electron chi connectivity index (χ4n) is 3.99. The molecule has 4 amide bonds. The van der Waals surface area contributed by atoms with Gasteiger partial charge in [-0.1, -0.05) is 48.5 Å². The Morgan fingerprint density at radius 2 is 1.25 bits per heavy atom. The third kappa shape index (κ3) is 6.57. The van der Waals surface area contributed by atoms with Crippen molar-refractivity contribution in [2.45, 2.75) is 44.8 Å². The third-order valence-corrected chi connectivity index (χ3v) is 6.40. The standard InChI is InChI=1S/C26H32N4O5S/c1-15(23(31)27-14-36-4)28-24(32)16(2)29-25(33)17(3)30-26(34)35-13-22-20-11-7-5-9-18(20)19-10-6-8-12-21(19)22/h5-12,15-17,22H,13-14H2,1-4H3,(H,27,31)(H,28,32)(H,29,33)(H,30,34)/t15-,16-,17-/m0/s1. The van der Waals surface area contributed by atoms with Gasteiger partial charge in [0.25, 0.3) is 0 Å². The molecular weight excluding hydrogens is 480 g/mol. The molecule has 0 aromatic heterocycles. The van der Waals surface area contributed by atoms with Crippen LogP contribution in [0.2, 0.25) is 0 Å². The van der Waals surface area contributed by atoms with Gasteiger partial charge in [-0.2, -0.15) is 0 Å². The van der Waals surface area contributed by atoms with Crippen molar-refractivity contribution in [3.8, 4) is 11.1 Å². The average molecular weight is 513 g/mol. The fraction of sp³-hybridized carbons (Fsp3) is 0.385. The minimum absolute atomic E-state index is 0.0916. The Morgan fingerprint density at radius 1 is 0.778 bits per heavy atom. The summed E-state index contributed by atoms with van der Waals surface area (Å²) >= 11 is 1.45. The normalized spacial score (nSPS) is 14.4. The molecule has 3 rings (SSSR count). The first-order valence-corrected chi connectivity index (χ1v) is 13.1. The molecule has 0 radical (unpaired) electrons. The van der Waals surface area contributed by atoms with Crippen LogP contribution in [-0.4, -0.2) is 60.7 Å². The van der Waals surface area contributed by atoms with E-state index >= 15 is 0 Å². The van der Waals surface area contributed by atoms with E-state index in [0.717, 1.165) is 22.3 Å². The summed E-state index contributed by atoms with van der Waals surface area (Å²) in [4.78, 5) is 49.2. The van der Waals surface area contributed by atoms with Crippen molar-refractivity contribution in [2.24, 2.45) is 0 Å². The number of fused-ring (bicyclic) bond motifs is 3. The summed E-state index contributed by atoms with van der Waals surface area (Å²) in [7, 11) is 0. The molecule has 3 atom stereocenters. The summed E-state index contributed by atoms with van der Waals surface area (Å²) in [6.45, 7) is 4.69. The summed E-state index contributed by atoms with van der Waals surface area (Å²) in [5.74, 6) is -1.04. The lowest BCUT2D eigenvalue weighted by molar-refractivity contribution is -0.131. The zero-order valence-electron chi connectivity index (χ0n) is 20.8. The van der Waals surface area contributed by atoms with E-state index in [2.05, 4.69) is 33.4 Å². The Labute approximate surface area is 215 Å². The smallest absolute Gasteiger partial charge is 0.407 e. The molecule has 2 aromatic carbocycles. The number of hydrogen-bond donors (Lipinski definition) is 4. The van der Waals surface area contributed by atoms with E-state index in [1.807, 2.05) is 42.7 Å². The molecular formula is C26H32N4O5S. The van der Waals surface area contributed by atoms with Gasteiger partial charge in [0.1, 0.15) is 24.7 Å². The third-order valence-electron chi connectivity index (χ3n) is 5.97. The minimum atomic E-state index is -0.932. The maximum atomic E-state index is 12.5. The van der Waals surface area contributed by atoms with Crippen molar-refractivity contribution in [3.05, 3.63) is 59.7 Å². The van der Waals surface area contributed by atoms with E-state index in [0.29, 0.717) is 5.88 Å². The molecule has 0 bridgehead atoms. The highest BCUT2D eigenvalue weighted by Crippen LogP contribution is 2.44. The fourth-order valence-corrected chi connectivity index (χ4v) is 4.27. The molecule has 1 aliphatic carbocycles. The molecule has 0 saturated heterocycles. The Hall–Kier alpha value is -3.53. The molecule has 0 spiro atoms. The van der Waals surface area contributed by atoms with Crippen molar-refractivity contribution >= 4 is 35.6 Å². The van der Waals surface area contributed by atoms with Crippen molar-refractivity contribution in [1.82, 2.24) is 21.3 Å². The van der Waals surface area contributed by atoms with Crippen molar-refractivity contribution < 1.29 is 23.9 Å². The molecule has 0 unspecified atom stereocenters. The molecule has 0 saturated carbocycles. The zero-order chi connectivity index (χ0) is 26.2. The van der Waals surface area contributed by atoms with E-state index in [4.69, 9.17) is 4.74 Å². The first kappa shape index (κ1) is 27.1. The van der Waals surface area contributed by atoms with Gasteiger partial charge in [0, 0.05) is 5.92 Å². The second-order valence-corrected chi connectivity index (χ2v) is 9.49. The van der Waals surface area contributed by atoms with E-state index < -0.39 is 36.0 Å². The molecule has 1 aliphatic rings. The van der Waals surface area contributed by atoms with Gasteiger partial charge in [-0.3, -0.25) is 14.4 Å². The van der Waals surface area contributed by atoms with E-state index in [-0.39, 0.29) is 18.4 Å². The minimum Gasteiger partial charge on any atom is -0.449 e. The molecule has 0 fully saturated rings. The quantitative estimate of drug-likeness (QED) is 0.362. The molecule has 9 nitrogen and oxygen atoms in total. The van der Waals surface area contributed by atoms with Gasteiger partial charge in [-0.15, -0.1) is 11.8 Å². The molecule has 36 heavy (non-hydrogen) atoms. The maximum Gasteiger partial charge on any atom is 0.407 e. The van der Waals surface area contributed by atoms with Crippen molar-refractivity contribution in [1.29, 1.82) is 0 Å². The molecule has 10 heteroatoms. The van der Waals surface area contributed by atoms with E-state index in [1.165, 1.54) is 25.6 Å². The molecule has 4 N–H and O–H groups in total. The number of thioether (sulfide) groups is 1. The predicted octanol–water partition coefficient (Wildman–Crippen LogP) is 2.36. The van der Waals surface area contributed by atoms with Crippen LogP contribution in [0.4, 0.5) is 4.79 Å². The Kier molecular flexibility index (Phi) is 9.35. The highest BCUT2D eigenvalue weighted by atomic mass is 32.2. The second-order valence-electron chi connectivity index (χ2n) is 8.63. The number of nitrogens with one attached hydrogen (secondary N) is 4. The number of alkyl carbamates (subject to hydrolysis) is 1. The zero-order valence-corrected chi connectivity index (χ0v) is 21.6. The highest BCUT2D eigenvalue weighted by Gasteiger charge is 2.29. The highest BCUT2D eigenvalue weighted by molar-refractivity contribution is 7.98. The van der Waals surface area contributed by atoms with Crippen LogP contribution in [0.5, 0.6) is 0 Å². The summed E-state index contributed by atoms with van der Waals surface area (Å²) in [6.07, 6.45) is 1.12. The second kappa shape index (κ2) is 12.4. The van der Waals surface area contributed by atoms with Gasteiger partial charge in [0.2, 0.25) is 17.7 Å². The summed E-state index contributed by atoms with van der Waals surface area (Å²) in [5.41, 5.74) is 4.43. The van der Waals surface area contributed by atoms with Crippen LogP contribution in [0, 0.1) is 0 Å². The van der Waals surface area contributed by atoms with Crippen LogP contribution < -0.4 is 21.3 Å². The summed E-state index contributed by atoms with van der Waals surface area (Å²) in [5, 5.41) is 10.3. The SMILES string of the molecule is CSCNC(=O)[C@H](C)NC(=O)[C@H](C)NC(=O)[C@H](C)NC(=O)OCC1c2ccccc2-c2ccccc21. The Bertz CT molecular complexity index is 1080. The largest absolute Gasteiger partial charge is 0.449 e. The number of amides is 4. The number of ether oxygens (including phenoxy) is 1.